The highest BCUT2D eigenvalue weighted by Gasteiger charge is 2.23. The first kappa shape index (κ1) is 21.8. The second-order valence-electron chi connectivity index (χ2n) is 7.32. The number of halogens is 1. The number of nitrogens with one attached hydrogen (secondary N) is 3. The average molecular weight is 413 g/mol. The third kappa shape index (κ3) is 6.29. The molecule has 1 saturated heterocycles. The fourth-order valence-electron chi connectivity index (χ4n) is 3.20. The predicted molar refractivity (Wildman–Crippen MR) is 117 cm³/mol. The van der Waals surface area contributed by atoms with Gasteiger partial charge < -0.3 is 20.7 Å². The van der Waals surface area contributed by atoms with Crippen molar-refractivity contribution >= 4 is 17.6 Å². The summed E-state index contributed by atoms with van der Waals surface area (Å²) >= 11 is 0. The van der Waals surface area contributed by atoms with Crippen molar-refractivity contribution in [1.29, 1.82) is 0 Å². The Kier molecular flexibility index (Phi) is 7.79. The molecule has 0 saturated carbocycles. The number of amides is 1. The predicted octanol–water partition coefficient (Wildman–Crippen LogP) is 3.51. The van der Waals surface area contributed by atoms with Gasteiger partial charge in [0.1, 0.15) is 11.9 Å². The third-order valence-corrected chi connectivity index (χ3v) is 4.88. The molecule has 1 amide bonds. The summed E-state index contributed by atoms with van der Waals surface area (Å²) in [4.78, 5) is 16.8. The van der Waals surface area contributed by atoms with Crippen LogP contribution >= 0.6 is 0 Å². The highest BCUT2D eigenvalue weighted by molar-refractivity contribution is 5.94. The quantitative estimate of drug-likeness (QED) is 0.481. The Morgan fingerprint density at radius 2 is 2.07 bits per heavy atom. The van der Waals surface area contributed by atoms with Gasteiger partial charge in [-0.3, -0.25) is 4.79 Å². The van der Waals surface area contributed by atoms with Crippen molar-refractivity contribution < 1.29 is 13.9 Å². The van der Waals surface area contributed by atoms with Crippen LogP contribution < -0.4 is 16.0 Å². The molecule has 0 aromatic heterocycles. The van der Waals surface area contributed by atoms with Gasteiger partial charge in [0.05, 0.1) is 6.54 Å². The lowest BCUT2D eigenvalue weighted by Crippen LogP contribution is -2.36. The lowest BCUT2D eigenvalue weighted by Gasteiger charge is -2.13. The maximum Gasteiger partial charge on any atom is 0.253 e. The normalized spacial score (nSPS) is 16.4. The summed E-state index contributed by atoms with van der Waals surface area (Å²) in [6.45, 7) is 6.01. The maximum absolute atomic E-state index is 13.7. The van der Waals surface area contributed by atoms with Crippen LogP contribution in [0, 0.1) is 12.7 Å². The first-order valence-electron chi connectivity index (χ1n) is 10.3. The largest absolute Gasteiger partial charge is 0.368 e. The molecule has 1 aliphatic heterocycles. The number of ether oxygens (including phenoxy) is 1. The Morgan fingerprint density at radius 1 is 1.20 bits per heavy atom. The molecule has 0 spiro atoms. The maximum atomic E-state index is 13.7. The van der Waals surface area contributed by atoms with Gasteiger partial charge in [0.2, 0.25) is 0 Å². The zero-order valence-corrected chi connectivity index (χ0v) is 17.5. The molecule has 1 aliphatic rings. The van der Waals surface area contributed by atoms with E-state index in [1.807, 2.05) is 37.3 Å². The molecule has 1 fully saturated rings. The molecule has 30 heavy (non-hydrogen) atoms. The smallest absolute Gasteiger partial charge is 0.253 e. The summed E-state index contributed by atoms with van der Waals surface area (Å²) in [7, 11) is 0. The van der Waals surface area contributed by atoms with E-state index in [-0.39, 0.29) is 17.8 Å². The molecule has 3 rings (SSSR count). The van der Waals surface area contributed by atoms with Crippen LogP contribution in [-0.4, -0.2) is 31.1 Å². The lowest BCUT2D eigenvalue weighted by molar-refractivity contribution is -0.124. The number of carbonyl (C=O) groups is 1. The highest BCUT2D eigenvalue weighted by Crippen LogP contribution is 2.16. The minimum Gasteiger partial charge on any atom is -0.368 e. The Hall–Kier alpha value is -2.93. The summed E-state index contributed by atoms with van der Waals surface area (Å²) in [5, 5.41) is 9.33. The van der Waals surface area contributed by atoms with Crippen LogP contribution in [-0.2, 0) is 22.6 Å². The number of guanidine groups is 1. The first-order valence-corrected chi connectivity index (χ1v) is 10.3. The third-order valence-electron chi connectivity index (χ3n) is 4.88. The number of rotatable bonds is 7. The van der Waals surface area contributed by atoms with E-state index in [1.165, 1.54) is 6.07 Å². The zero-order chi connectivity index (χ0) is 21.3. The monoisotopic (exact) mass is 412 g/mol. The number of anilines is 1. The van der Waals surface area contributed by atoms with E-state index in [1.54, 1.807) is 13.0 Å². The molecule has 160 valence electrons. The van der Waals surface area contributed by atoms with E-state index in [4.69, 9.17) is 4.74 Å². The zero-order valence-electron chi connectivity index (χ0n) is 17.5. The molecule has 7 heteroatoms. The molecular formula is C23H29FN4O2. The Balaban J connectivity index is 1.59. The number of aliphatic imine (C=N–C) groups is 1. The number of carbonyl (C=O) groups excluding carboxylic acids is 1. The molecule has 2 aromatic carbocycles. The number of nitrogens with zero attached hydrogens (tertiary/aromatic N) is 1. The van der Waals surface area contributed by atoms with E-state index < -0.39 is 0 Å². The van der Waals surface area contributed by atoms with Crippen LogP contribution in [0.4, 0.5) is 10.1 Å². The van der Waals surface area contributed by atoms with Gasteiger partial charge >= 0.3 is 0 Å². The van der Waals surface area contributed by atoms with Crippen molar-refractivity contribution in [2.75, 3.05) is 18.5 Å². The van der Waals surface area contributed by atoms with Gasteiger partial charge in [0.15, 0.2) is 5.96 Å². The second-order valence-corrected chi connectivity index (χ2v) is 7.32. The standard InChI is InChI=1S/C23H29FN4O2/c1-3-25-23(27-15-18-10-9-16(2)20(24)13-18)26-14-17-6-4-7-19(12-17)28-22(29)21-8-5-11-30-21/h4,6-7,9-10,12-13,21H,3,5,8,11,14-15H2,1-2H3,(H,28,29)(H2,25,26,27). The number of aryl methyl sites for hydroxylation is 1. The molecule has 1 heterocycles. The number of benzene rings is 2. The fraction of sp³-hybridized carbons (Fsp3) is 0.391. The molecule has 0 radical (unpaired) electrons. The SMILES string of the molecule is CCNC(=NCc1cccc(NC(=O)C2CCCO2)c1)NCc1ccc(C)c(F)c1. The van der Waals surface area contributed by atoms with Crippen molar-refractivity contribution in [2.24, 2.45) is 4.99 Å². The molecule has 1 atom stereocenters. The molecular weight excluding hydrogens is 383 g/mol. The Labute approximate surface area is 176 Å². The Bertz CT molecular complexity index is 895. The van der Waals surface area contributed by atoms with Crippen LogP contribution in [0.15, 0.2) is 47.5 Å². The van der Waals surface area contributed by atoms with Crippen LogP contribution in [0.5, 0.6) is 0 Å². The van der Waals surface area contributed by atoms with Crippen LogP contribution in [0.25, 0.3) is 0 Å². The minimum atomic E-state index is -0.358. The summed E-state index contributed by atoms with van der Waals surface area (Å²) in [5.74, 6) is 0.332. The van der Waals surface area contributed by atoms with E-state index in [9.17, 15) is 9.18 Å². The van der Waals surface area contributed by atoms with E-state index in [2.05, 4.69) is 20.9 Å². The molecule has 0 aliphatic carbocycles. The summed E-state index contributed by atoms with van der Waals surface area (Å²) in [6.07, 6.45) is 1.32. The average Bonchev–Trinajstić information content (AvgIpc) is 3.28. The number of hydrogen-bond acceptors (Lipinski definition) is 3. The Morgan fingerprint density at radius 3 is 2.80 bits per heavy atom. The van der Waals surface area contributed by atoms with Gasteiger partial charge in [-0.1, -0.05) is 24.3 Å². The first-order chi connectivity index (χ1) is 14.5. The van der Waals surface area contributed by atoms with Crippen LogP contribution in [0.1, 0.15) is 36.5 Å². The van der Waals surface area contributed by atoms with Gasteiger partial charge in [0, 0.05) is 25.4 Å². The van der Waals surface area contributed by atoms with Crippen molar-refractivity contribution in [3.05, 3.63) is 65.0 Å². The summed E-state index contributed by atoms with van der Waals surface area (Å²) < 4.78 is 19.2. The topological polar surface area (TPSA) is 74.8 Å². The fourth-order valence-corrected chi connectivity index (χ4v) is 3.20. The lowest BCUT2D eigenvalue weighted by atomic mass is 10.1. The van der Waals surface area contributed by atoms with Crippen molar-refractivity contribution in [2.45, 2.75) is 45.9 Å². The van der Waals surface area contributed by atoms with Crippen molar-refractivity contribution in [3.63, 3.8) is 0 Å². The van der Waals surface area contributed by atoms with Gasteiger partial charge in [-0.15, -0.1) is 0 Å². The molecule has 1 unspecified atom stereocenters. The summed E-state index contributed by atoms with van der Waals surface area (Å²) in [6, 6.07) is 12.8. The summed E-state index contributed by atoms with van der Waals surface area (Å²) in [5.41, 5.74) is 3.18. The highest BCUT2D eigenvalue weighted by atomic mass is 19.1. The van der Waals surface area contributed by atoms with Gasteiger partial charge in [-0.25, -0.2) is 9.38 Å². The van der Waals surface area contributed by atoms with Gasteiger partial charge in [0.25, 0.3) is 5.91 Å². The molecule has 3 N–H and O–H groups in total. The van der Waals surface area contributed by atoms with Crippen molar-refractivity contribution in [1.82, 2.24) is 10.6 Å². The van der Waals surface area contributed by atoms with E-state index >= 15 is 0 Å². The van der Waals surface area contributed by atoms with E-state index in [0.29, 0.717) is 37.8 Å². The van der Waals surface area contributed by atoms with Gasteiger partial charge in [-0.05, 0) is 61.6 Å². The van der Waals surface area contributed by atoms with Crippen LogP contribution in [0.3, 0.4) is 0 Å². The van der Waals surface area contributed by atoms with Gasteiger partial charge in [-0.2, -0.15) is 0 Å². The second kappa shape index (κ2) is 10.7. The minimum absolute atomic E-state index is 0.103. The molecule has 2 aromatic rings. The molecule has 6 nitrogen and oxygen atoms in total. The van der Waals surface area contributed by atoms with Crippen molar-refractivity contribution in [3.8, 4) is 0 Å². The number of hydrogen-bond donors (Lipinski definition) is 3. The van der Waals surface area contributed by atoms with Crippen LogP contribution in [0.2, 0.25) is 0 Å². The van der Waals surface area contributed by atoms with E-state index in [0.717, 1.165) is 29.7 Å². The molecule has 0 bridgehead atoms.